The fourth-order valence-corrected chi connectivity index (χ4v) is 4.29. The summed E-state index contributed by atoms with van der Waals surface area (Å²) in [5.41, 5.74) is 4.72. The van der Waals surface area contributed by atoms with Crippen molar-refractivity contribution >= 4 is 22.8 Å². The van der Waals surface area contributed by atoms with Gasteiger partial charge in [0.2, 0.25) is 5.95 Å². The molecular weight excluding hydrogens is 338 g/mol. The van der Waals surface area contributed by atoms with Crippen LogP contribution in [0.15, 0.2) is 36.7 Å². The highest BCUT2D eigenvalue weighted by molar-refractivity contribution is 5.99. The predicted molar refractivity (Wildman–Crippen MR) is 105 cm³/mol. The Bertz CT molecular complexity index is 973. The van der Waals surface area contributed by atoms with Crippen molar-refractivity contribution in [3.63, 3.8) is 0 Å². The number of nitrogens with one attached hydrogen (secondary N) is 1. The van der Waals surface area contributed by atoms with Crippen molar-refractivity contribution in [1.82, 2.24) is 19.9 Å². The highest BCUT2D eigenvalue weighted by Gasteiger charge is 2.24. The number of carbonyl (C=O) groups is 1. The number of H-pyrrole nitrogens is 1. The average molecular weight is 361 g/mol. The van der Waals surface area contributed by atoms with Crippen LogP contribution in [-0.4, -0.2) is 51.9 Å². The van der Waals surface area contributed by atoms with Crippen molar-refractivity contribution in [3.05, 3.63) is 53.5 Å². The molecule has 6 nitrogen and oxygen atoms in total. The van der Waals surface area contributed by atoms with Crippen LogP contribution in [0.5, 0.6) is 0 Å². The summed E-state index contributed by atoms with van der Waals surface area (Å²) in [5.74, 6) is 0.862. The summed E-state index contributed by atoms with van der Waals surface area (Å²) < 4.78 is 0. The molecule has 1 fully saturated rings. The molecule has 138 valence electrons. The van der Waals surface area contributed by atoms with Crippen LogP contribution < -0.4 is 4.90 Å². The SMILES string of the molecule is O=C(c1ccc2[nH]c3c(c2c1)CCCC3)N1CCN(c2ncccn2)CC1. The number of benzene rings is 1. The lowest BCUT2D eigenvalue weighted by atomic mass is 9.95. The molecule has 1 saturated heterocycles. The van der Waals surface area contributed by atoms with Crippen molar-refractivity contribution in [1.29, 1.82) is 0 Å². The van der Waals surface area contributed by atoms with Crippen molar-refractivity contribution in [2.24, 2.45) is 0 Å². The highest BCUT2D eigenvalue weighted by atomic mass is 16.2. The van der Waals surface area contributed by atoms with E-state index in [-0.39, 0.29) is 5.91 Å². The zero-order valence-corrected chi connectivity index (χ0v) is 15.3. The van der Waals surface area contributed by atoms with Gasteiger partial charge in [0.1, 0.15) is 0 Å². The van der Waals surface area contributed by atoms with Crippen LogP contribution >= 0.6 is 0 Å². The molecule has 1 aliphatic carbocycles. The number of nitrogens with zero attached hydrogens (tertiary/aromatic N) is 4. The van der Waals surface area contributed by atoms with Gasteiger partial charge in [0.25, 0.3) is 5.91 Å². The zero-order valence-electron chi connectivity index (χ0n) is 15.3. The van der Waals surface area contributed by atoms with E-state index in [1.807, 2.05) is 17.0 Å². The zero-order chi connectivity index (χ0) is 18.2. The van der Waals surface area contributed by atoms with Crippen LogP contribution in [0, 0.1) is 0 Å². The van der Waals surface area contributed by atoms with E-state index in [9.17, 15) is 4.79 Å². The van der Waals surface area contributed by atoms with Gasteiger partial charge >= 0.3 is 0 Å². The maximum Gasteiger partial charge on any atom is 0.253 e. The summed E-state index contributed by atoms with van der Waals surface area (Å²) in [4.78, 5) is 29.3. The Labute approximate surface area is 158 Å². The lowest BCUT2D eigenvalue weighted by Gasteiger charge is -2.34. The summed E-state index contributed by atoms with van der Waals surface area (Å²) in [7, 11) is 0. The molecule has 1 amide bonds. The molecule has 0 atom stereocenters. The Morgan fingerprint density at radius 3 is 2.59 bits per heavy atom. The number of hydrogen-bond acceptors (Lipinski definition) is 4. The van der Waals surface area contributed by atoms with Crippen molar-refractivity contribution in [2.45, 2.75) is 25.7 Å². The van der Waals surface area contributed by atoms with Gasteiger partial charge in [-0.2, -0.15) is 0 Å². The first-order chi connectivity index (χ1) is 13.3. The third-order valence-electron chi connectivity index (χ3n) is 5.75. The van der Waals surface area contributed by atoms with Gasteiger partial charge in [-0.15, -0.1) is 0 Å². The third kappa shape index (κ3) is 2.95. The number of amides is 1. The van der Waals surface area contributed by atoms with Gasteiger partial charge in [0.05, 0.1) is 0 Å². The topological polar surface area (TPSA) is 65.1 Å². The summed E-state index contributed by atoms with van der Waals surface area (Å²) in [6.07, 6.45) is 8.24. The molecule has 2 aliphatic rings. The first kappa shape index (κ1) is 16.3. The Hall–Kier alpha value is -2.89. The normalized spacial score (nSPS) is 17.2. The molecule has 1 aliphatic heterocycles. The standard InChI is InChI=1S/C21H23N5O/c27-20(25-10-12-26(13-11-25)21-22-8-3-9-23-21)15-6-7-19-17(14-15)16-4-1-2-5-18(16)24-19/h3,6-9,14,24H,1-2,4-5,10-13H2. The second-order valence-electron chi connectivity index (χ2n) is 7.38. The molecule has 1 N–H and O–H groups in total. The number of hydrogen-bond donors (Lipinski definition) is 1. The fourth-order valence-electron chi connectivity index (χ4n) is 4.29. The first-order valence-electron chi connectivity index (χ1n) is 9.74. The Balaban J connectivity index is 1.34. The van der Waals surface area contributed by atoms with E-state index < -0.39 is 0 Å². The van der Waals surface area contributed by atoms with Crippen LogP contribution in [0.2, 0.25) is 0 Å². The highest BCUT2D eigenvalue weighted by Crippen LogP contribution is 2.30. The van der Waals surface area contributed by atoms with Crippen LogP contribution in [0.3, 0.4) is 0 Å². The van der Waals surface area contributed by atoms with E-state index in [2.05, 4.69) is 32.0 Å². The van der Waals surface area contributed by atoms with E-state index in [1.165, 1.54) is 29.5 Å². The van der Waals surface area contributed by atoms with Crippen LogP contribution in [0.25, 0.3) is 10.9 Å². The van der Waals surface area contributed by atoms with Crippen molar-refractivity contribution in [2.75, 3.05) is 31.1 Å². The number of anilines is 1. The number of aromatic amines is 1. The number of rotatable bonds is 2. The molecule has 5 rings (SSSR count). The summed E-state index contributed by atoms with van der Waals surface area (Å²) >= 11 is 0. The maximum absolute atomic E-state index is 13.0. The lowest BCUT2D eigenvalue weighted by molar-refractivity contribution is 0.0746. The smallest absolute Gasteiger partial charge is 0.253 e. The Morgan fingerprint density at radius 1 is 1.00 bits per heavy atom. The van der Waals surface area contributed by atoms with Gasteiger partial charge < -0.3 is 14.8 Å². The largest absolute Gasteiger partial charge is 0.358 e. The molecule has 0 bridgehead atoms. The van der Waals surface area contributed by atoms with E-state index >= 15 is 0 Å². The Morgan fingerprint density at radius 2 is 1.78 bits per heavy atom. The predicted octanol–water partition coefficient (Wildman–Crippen LogP) is 2.80. The molecule has 27 heavy (non-hydrogen) atoms. The number of carbonyl (C=O) groups excluding carboxylic acids is 1. The van der Waals surface area contributed by atoms with Crippen LogP contribution in [0.1, 0.15) is 34.5 Å². The second-order valence-corrected chi connectivity index (χ2v) is 7.38. The number of aromatic nitrogens is 3. The molecule has 0 radical (unpaired) electrons. The van der Waals surface area contributed by atoms with Gasteiger partial charge in [-0.05, 0) is 55.5 Å². The molecule has 1 aromatic carbocycles. The van der Waals surface area contributed by atoms with E-state index in [0.717, 1.165) is 43.0 Å². The van der Waals surface area contributed by atoms with Gasteiger partial charge in [0.15, 0.2) is 0 Å². The molecular formula is C21H23N5O. The summed E-state index contributed by atoms with van der Waals surface area (Å²) in [6, 6.07) is 7.93. The minimum absolute atomic E-state index is 0.122. The molecule has 0 spiro atoms. The van der Waals surface area contributed by atoms with Crippen LogP contribution in [0.4, 0.5) is 5.95 Å². The van der Waals surface area contributed by atoms with Crippen molar-refractivity contribution < 1.29 is 4.79 Å². The minimum atomic E-state index is 0.122. The first-order valence-corrected chi connectivity index (χ1v) is 9.74. The average Bonchev–Trinajstić information content (AvgIpc) is 3.12. The molecule has 3 heterocycles. The van der Waals surface area contributed by atoms with Gasteiger partial charge in [-0.3, -0.25) is 4.79 Å². The molecule has 0 saturated carbocycles. The Kier molecular flexibility index (Phi) is 4.03. The van der Waals surface area contributed by atoms with Gasteiger partial charge in [0, 0.05) is 60.7 Å². The monoisotopic (exact) mass is 361 g/mol. The molecule has 2 aromatic heterocycles. The summed E-state index contributed by atoms with van der Waals surface area (Å²) in [5, 5.41) is 1.23. The number of aryl methyl sites for hydroxylation is 2. The fraction of sp³-hybridized carbons (Fsp3) is 0.381. The number of piperazine rings is 1. The van der Waals surface area contributed by atoms with E-state index in [0.29, 0.717) is 13.1 Å². The van der Waals surface area contributed by atoms with E-state index in [1.54, 1.807) is 12.4 Å². The van der Waals surface area contributed by atoms with E-state index in [4.69, 9.17) is 0 Å². The van der Waals surface area contributed by atoms with Crippen molar-refractivity contribution in [3.8, 4) is 0 Å². The summed E-state index contributed by atoms with van der Waals surface area (Å²) in [6.45, 7) is 2.91. The minimum Gasteiger partial charge on any atom is -0.358 e. The quantitative estimate of drug-likeness (QED) is 0.762. The molecule has 0 unspecified atom stereocenters. The lowest BCUT2D eigenvalue weighted by Crippen LogP contribution is -2.49. The van der Waals surface area contributed by atoms with Gasteiger partial charge in [-0.1, -0.05) is 0 Å². The second kappa shape index (κ2) is 6.68. The van der Waals surface area contributed by atoms with Gasteiger partial charge in [-0.25, -0.2) is 9.97 Å². The van der Waals surface area contributed by atoms with Crippen LogP contribution in [-0.2, 0) is 12.8 Å². The third-order valence-corrected chi connectivity index (χ3v) is 5.75. The molecule has 3 aromatic rings. The number of fused-ring (bicyclic) bond motifs is 3. The molecule has 6 heteroatoms. The maximum atomic E-state index is 13.0.